The van der Waals surface area contributed by atoms with Gasteiger partial charge in [0, 0.05) is 31.6 Å². The maximum absolute atomic E-state index is 5.48. The lowest BCUT2D eigenvalue weighted by Gasteiger charge is -2.15. The van der Waals surface area contributed by atoms with Gasteiger partial charge in [-0.2, -0.15) is 0 Å². The van der Waals surface area contributed by atoms with Gasteiger partial charge in [-0.25, -0.2) is 0 Å². The third-order valence-corrected chi connectivity index (χ3v) is 2.67. The molecular weight excluding hydrogens is 176 g/mol. The molecule has 2 rings (SSSR count). The van der Waals surface area contributed by atoms with E-state index in [4.69, 9.17) is 4.74 Å². The van der Waals surface area contributed by atoms with Crippen LogP contribution in [0.5, 0.6) is 0 Å². The predicted octanol–water partition coefficient (Wildman–Crippen LogP) is 1.35. The third-order valence-electron chi connectivity index (χ3n) is 2.67. The molecule has 0 amide bonds. The second-order valence-electron chi connectivity index (χ2n) is 3.71. The van der Waals surface area contributed by atoms with Crippen molar-refractivity contribution in [2.75, 3.05) is 6.61 Å². The van der Waals surface area contributed by atoms with Crippen molar-refractivity contribution in [1.29, 1.82) is 0 Å². The second-order valence-corrected chi connectivity index (χ2v) is 3.71. The van der Waals surface area contributed by atoms with Gasteiger partial charge in [0.05, 0.1) is 6.10 Å². The summed E-state index contributed by atoms with van der Waals surface area (Å²) in [6, 6.07) is 4.54. The first-order chi connectivity index (χ1) is 6.86. The van der Waals surface area contributed by atoms with Crippen molar-refractivity contribution in [3.8, 4) is 0 Å². The maximum atomic E-state index is 5.48. The van der Waals surface area contributed by atoms with E-state index in [0.717, 1.165) is 19.6 Å². The number of hydrogen-bond donors (Lipinski definition) is 1. The Balaban J connectivity index is 1.82. The smallest absolute Gasteiger partial charge is 0.0700 e. The van der Waals surface area contributed by atoms with Crippen LogP contribution in [0.3, 0.4) is 0 Å². The minimum Gasteiger partial charge on any atom is -0.377 e. The molecule has 1 aliphatic heterocycles. The molecule has 0 aliphatic carbocycles. The van der Waals surface area contributed by atoms with Gasteiger partial charge in [-0.05, 0) is 25.0 Å². The number of nitrogens with zero attached hydrogens (tertiary/aromatic N) is 1. The quantitative estimate of drug-likeness (QED) is 0.785. The van der Waals surface area contributed by atoms with E-state index >= 15 is 0 Å². The van der Waals surface area contributed by atoms with E-state index in [0.29, 0.717) is 12.1 Å². The van der Waals surface area contributed by atoms with Gasteiger partial charge >= 0.3 is 0 Å². The van der Waals surface area contributed by atoms with E-state index < -0.39 is 0 Å². The molecule has 0 bridgehead atoms. The fourth-order valence-electron chi connectivity index (χ4n) is 1.75. The highest BCUT2D eigenvalue weighted by Crippen LogP contribution is 2.12. The molecule has 3 nitrogen and oxygen atoms in total. The van der Waals surface area contributed by atoms with Crippen molar-refractivity contribution in [2.45, 2.75) is 32.0 Å². The largest absolute Gasteiger partial charge is 0.377 e. The summed E-state index contributed by atoms with van der Waals surface area (Å²) < 4.78 is 5.48. The number of pyridine rings is 1. The molecule has 76 valence electrons. The van der Waals surface area contributed by atoms with E-state index in [2.05, 4.69) is 23.3 Å². The second kappa shape index (κ2) is 4.53. The Bertz CT molecular complexity index is 276. The average Bonchev–Trinajstić information content (AvgIpc) is 2.63. The van der Waals surface area contributed by atoms with Crippen LogP contribution in [0.4, 0.5) is 0 Å². The minimum atomic E-state index is 0.340. The number of aromatic nitrogens is 1. The molecule has 1 fully saturated rings. The van der Waals surface area contributed by atoms with Crippen LogP contribution < -0.4 is 5.32 Å². The fourth-order valence-corrected chi connectivity index (χ4v) is 1.75. The van der Waals surface area contributed by atoms with Gasteiger partial charge in [0.25, 0.3) is 0 Å². The molecule has 0 unspecified atom stereocenters. The SMILES string of the molecule is C[C@H]1OCC[C@@H]1NCc1cccnc1. The van der Waals surface area contributed by atoms with E-state index in [1.54, 1.807) is 6.20 Å². The number of rotatable bonds is 3. The van der Waals surface area contributed by atoms with E-state index in [9.17, 15) is 0 Å². The molecule has 3 heteroatoms. The first-order valence-electron chi connectivity index (χ1n) is 5.10. The summed E-state index contributed by atoms with van der Waals surface area (Å²) in [5, 5.41) is 3.48. The van der Waals surface area contributed by atoms with Crippen LogP contribution in [-0.4, -0.2) is 23.7 Å². The highest BCUT2D eigenvalue weighted by atomic mass is 16.5. The van der Waals surface area contributed by atoms with Crippen LogP contribution >= 0.6 is 0 Å². The molecule has 2 atom stereocenters. The molecule has 0 saturated carbocycles. The van der Waals surface area contributed by atoms with Crippen LogP contribution in [0, 0.1) is 0 Å². The zero-order valence-electron chi connectivity index (χ0n) is 8.44. The third kappa shape index (κ3) is 2.30. The highest BCUT2D eigenvalue weighted by Gasteiger charge is 2.23. The molecule has 0 spiro atoms. The van der Waals surface area contributed by atoms with Crippen LogP contribution in [0.15, 0.2) is 24.5 Å². The topological polar surface area (TPSA) is 34.1 Å². The van der Waals surface area contributed by atoms with Crippen molar-refractivity contribution in [3.05, 3.63) is 30.1 Å². The zero-order valence-corrected chi connectivity index (χ0v) is 8.44. The van der Waals surface area contributed by atoms with Crippen molar-refractivity contribution >= 4 is 0 Å². The summed E-state index contributed by atoms with van der Waals surface area (Å²) in [6.07, 6.45) is 5.14. The Kier molecular flexibility index (Phi) is 3.11. The zero-order chi connectivity index (χ0) is 9.80. The lowest BCUT2D eigenvalue weighted by atomic mass is 10.1. The van der Waals surface area contributed by atoms with E-state index in [1.165, 1.54) is 5.56 Å². The van der Waals surface area contributed by atoms with Crippen molar-refractivity contribution < 1.29 is 4.74 Å². The number of hydrogen-bond acceptors (Lipinski definition) is 3. The normalized spacial score (nSPS) is 26.6. The molecule has 1 aromatic rings. The lowest BCUT2D eigenvalue weighted by Crippen LogP contribution is -2.34. The lowest BCUT2D eigenvalue weighted by molar-refractivity contribution is 0.113. The summed E-state index contributed by atoms with van der Waals surface area (Å²) in [7, 11) is 0. The van der Waals surface area contributed by atoms with Gasteiger partial charge in [-0.15, -0.1) is 0 Å². The molecule has 1 saturated heterocycles. The summed E-state index contributed by atoms with van der Waals surface area (Å²) in [4.78, 5) is 4.08. The van der Waals surface area contributed by atoms with E-state index in [-0.39, 0.29) is 0 Å². The van der Waals surface area contributed by atoms with Gasteiger partial charge in [-0.3, -0.25) is 4.98 Å². The molecular formula is C11H16N2O. The van der Waals surface area contributed by atoms with Crippen LogP contribution in [0.1, 0.15) is 18.9 Å². The first-order valence-corrected chi connectivity index (χ1v) is 5.10. The molecule has 0 aromatic carbocycles. The summed E-state index contributed by atoms with van der Waals surface area (Å²) in [6.45, 7) is 3.88. The predicted molar refractivity (Wildman–Crippen MR) is 54.9 cm³/mol. The van der Waals surface area contributed by atoms with Gasteiger partial charge in [0.15, 0.2) is 0 Å². The molecule has 2 heterocycles. The standard InChI is InChI=1S/C11H16N2O/c1-9-11(4-6-14-9)13-8-10-3-2-5-12-7-10/h2-3,5,7,9,11,13H,4,6,8H2,1H3/t9-,11+/m1/s1. The number of nitrogens with one attached hydrogen (secondary N) is 1. The van der Waals surface area contributed by atoms with Crippen molar-refractivity contribution in [2.24, 2.45) is 0 Å². The van der Waals surface area contributed by atoms with Gasteiger partial charge in [-0.1, -0.05) is 6.07 Å². The monoisotopic (exact) mass is 192 g/mol. The van der Waals surface area contributed by atoms with Gasteiger partial charge < -0.3 is 10.1 Å². The molecule has 0 radical (unpaired) electrons. The van der Waals surface area contributed by atoms with Crippen molar-refractivity contribution in [3.63, 3.8) is 0 Å². The Hall–Kier alpha value is -0.930. The summed E-state index contributed by atoms with van der Waals surface area (Å²) in [5.41, 5.74) is 1.23. The molecule has 1 aliphatic rings. The molecule has 1 N–H and O–H groups in total. The highest BCUT2D eigenvalue weighted by molar-refractivity contribution is 5.08. The molecule has 14 heavy (non-hydrogen) atoms. The van der Waals surface area contributed by atoms with Gasteiger partial charge in [0.2, 0.25) is 0 Å². The van der Waals surface area contributed by atoms with Crippen LogP contribution in [0.25, 0.3) is 0 Å². The summed E-state index contributed by atoms with van der Waals surface area (Å²) in [5.74, 6) is 0. The average molecular weight is 192 g/mol. The van der Waals surface area contributed by atoms with E-state index in [1.807, 2.05) is 12.3 Å². The van der Waals surface area contributed by atoms with Crippen LogP contribution in [0.2, 0.25) is 0 Å². The molecule has 1 aromatic heterocycles. The maximum Gasteiger partial charge on any atom is 0.0700 e. The summed E-state index contributed by atoms with van der Waals surface area (Å²) >= 11 is 0. The minimum absolute atomic E-state index is 0.340. The van der Waals surface area contributed by atoms with Crippen molar-refractivity contribution in [1.82, 2.24) is 10.3 Å². The first kappa shape index (κ1) is 9.62. The Labute approximate surface area is 84.5 Å². The Morgan fingerprint density at radius 3 is 3.21 bits per heavy atom. The Morgan fingerprint density at radius 1 is 1.64 bits per heavy atom. The number of ether oxygens (including phenoxy) is 1. The van der Waals surface area contributed by atoms with Crippen LogP contribution in [-0.2, 0) is 11.3 Å². The fraction of sp³-hybridized carbons (Fsp3) is 0.545. The Morgan fingerprint density at radius 2 is 2.57 bits per heavy atom. The van der Waals surface area contributed by atoms with Gasteiger partial charge in [0.1, 0.15) is 0 Å².